The molecule has 0 aliphatic rings. The van der Waals surface area contributed by atoms with Gasteiger partial charge in [-0.2, -0.15) is 0 Å². The van der Waals surface area contributed by atoms with Crippen LogP contribution in [0.1, 0.15) is 9.75 Å². The number of aromatic nitrogens is 1. The van der Waals surface area contributed by atoms with E-state index in [0.29, 0.717) is 6.54 Å². The molecule has 0 amide bonds. The van der Waals surface area contributed by atoms with Gasteiger partial charge in [0.2, 0.25) is 0 Å². The van der Waals surface area contributed by atoms with E-state index in [0.717, 1.165) is 16.4 Å². The lowest BCUT2D eigenvalue weighted by atomic mass is 10.4. The third-order valence-corrected chi connectivity index (χ3v) is 5.63. The largest absolute Gasteiger partial charge is 0.379 e. The zero-order valence-corrected chi connectivity index (χ0v) is 13.7. The van der Waals surface area contributed by atoms with E-state index in [4.69, 9.17) is 0 Å². The molecule has 102 valence electrons. The Morgan fingerprint density at radius 2 is 2.16 bits per heavy atom. The second-order valence-corrected chi connectivity index (χ2v) is 8.29. The number of pyridine rings is 1. The van der Waals surface area contributed by atoms with Crippen molar-refractivity contribution in [1.82, 2.24) is 4.98 Å². The Morgan fingerprint density at radius 1 is 1.42 bits per heavy atom. The molecule has 0 bridgehead atoms. The van der Waals surface area contributed by atoms with Crippen LogP contribution in [0.25, 0.3) is 0 Å². The number of rotatable bonds is 4. The van der Waals surface area contributed by atoms with Crippen molar-refractivity contribution < 1.29 is 8.42 Å². The maximum atomic E-state index is 11.3. The topological polar surface area (TPSA) is 59.1 Å². The zero-order valence-electron chi connectivity index (χ0n) is 10.5. The highest BCUT2D eigenvalue weighted by Crippen LogP contribution is 2.26. The maximum absolute atomic E-state index is 11.3. The van der Waals surface area contributed by atoms with Crippen LogP contribution in [-0.2, 0) is 16.4 Å². The number of sulfone groups is 1. The third-order valence-electron chi connectivity index (χ3n) is 2.49. The smallest absolute Gasteiger partial charge is 0.192 e. The van der Waals surface area contributed by atoms with Crippen molar-refractivity contribution in [3.63, 3.8) is 0 Å². The monoisotopic (exact) mass is 360 g/mol. The number of hydrogen-bond acceptors (Lipinski definition) is 5. The molecule has 0 radical (unpaired) electrons. The summed E-state index contributed by atoms with van der Waals surface area (Å²) in [6.45, 7) is 2.75. The molecule has 0 saturated carbocycles. The molecule has 0 saturated heterocycles. The molecule has 0 aliphatic carbocycles. The molecule has 2 heterocycles. The molecule has 0 spiro atoms. The van der Waals surface area contributed by atoms with E-state index < -0.39 is 9.84 Å². The van der Waals surface area contributed by atoms with Gasteiger partial charge in [0, 0.05) is 27.0 Å². The summed E-state index contributed by atoms with van der Waals surface area (Å²) in [6, 6.07) is 5.30. The van der Waals surface area contributed by atoms with Gasteiger partial charge in [-0.15, -0.1) is 11.3 Å². The van der Waals surface area contributed by atoms with Crippen LogP contribution >= 0.6 is 27.3 Å². The lowest BCUT2D eigenvalue weighted by Gasteiger charge is -2.04. The Labute approximate surface area is 124 Å². The van der Waals surface area contributed by atoms with E-state index in [2.05, 4.69) is 39.2 Å². The maximum Gasteiger partial charge on any atom is 0.192 e. The summed E-state index contributed by atoms with van der Waals surface area (Å²) in [7, 11) is -3.23. The standard InChI is InChI=1S/C12H13BrN2O2S2/c1-8-11(13)5-10(18-8)7-14-9-3-4-12(15-6-9)19(2,16)17/h3-6,14H,7H2,1-2H3. The normalized spacial score (nSPS) is 11.5. The molecule has 2 aromatic heterocycles. The number of nitrogens with one attached hydrogen (secondary N) is 1. The number of thiophene rings is 1. The highest BCUT2D eigenvalue weighted by molar-refractivity contribution is 9.10. The Kier molecular flexibility index (Phi) is 4.27. The molecule has 4 nitrogen and oxygen atoms in total. The van der Waals surface area contributed by atoms with Crippen LogP contribution in [0.3, 0.4) is 0 Å². The van der Waals surface area contributed by atoms with Crippen molar-refractivity contribution in [1.29, 1.82) is 0 Å². The fourth-order valence-corrected chi connectivity index (χ4v) is 3.60. The van der Waals surface area contributed by atoms with E-state index in [1.165, 1.54) is 22.0 Å². The van der Waals surface area contributed by atoms with Crippen LogP contribution in [0.2, 0.25) is 0 Å². The lowest BCUT2D eigenvalue weighted by Crippen LogP contribution is -2.02. The van der Waals surface area contributed by atoms with Crippen molar-refractivity contribution in [3.8, 4) is 0 Å². The highest BCUT2D eigenvalue weighted by atomic mass is 79.9. The molecular weight excluding hydrogens is 348 g/mol. The number of hydrogen-bond donors (Lipinski definition) is 1. The number of halogens is 1. The molecule has 2 aromatic rings. The highest BCUT2D eigenvalue weighted by Gasteiger charge is 2.08. The average Bonchev–Trinajstić information content (AvgIpc) is 2.66. The first-order valence-electron chi connectivity index (χ1n) is 5.51. The van der Waals surface area contributed by atoms with Crippen LogP contribution in [0.4, 0.5) is 5.69 Å². The number of anilines is 1. The molecule has 2 rings (SSSR count). The van der Waals surface area contributed by atoms with E-state index in [1.54, 1.807) is 17.4 Å². The number of nitrogens with zero attached hydrogens (tertiary/aromatic N) is 1. The van der Waals surface area contributed by atoms with Crippen LogP contribution < -0.4 is 5.32 Å². The minimum Gasteiger partial charge on any atom is -0.379 e. The molecule has 7 heteroatoms. The van der Waals surface area contributed by atoms with E-state index >= 15 is 0 Å². The lowest BCUT2D eigenvalue weighted by molar-refractivity contribution is 0.598. The van der Waals surface area contributed by atoms with Crippen LogP contribution in [0, 0.1) is 6.92 Å². The minimum atomic E-state index is -3.23. The molecule has 0 atom stereocenters. The molecule has 0 aromatic carbocycles. The van der Waals surface area contributed by atoms with Gasteiger partial charge in [0.25, 0.3) is 0 Å². The summed E-state index contributed by atoms with van der Waals surface area (Å²) in [5, 5.41) is 3.30. The second kappa shape index (κ2) is 5.60. The van der Waals surface area contributed by atoms with E-state index in [1.807, 2.05) is 0 Å². The van der Waals surface area contributed by atoms with Crippen molar-refractivity contribution in [2.24, 2.45) is 0 Å². The van der Waals surface area contributed by atoms with Crippen molar-refractivity contribution >= 4 is 42.8 Å². The van der Waals surface area contributed by atoms with Gasteiger partial charge in [0.1, 0.15) is 0 Å². The Balaban J connectivity index is 2.04. The van der Waals surface area contributed by atoms with Crippen molar-refractivity contribution in [2.45, 2.75) is 18.5 Å². The van der Waals surface area contributed by atoms with Crippen LogP contribution in [-0.4, -0.2) is 19.7 Å². The fraction of sp³-hybridized carbons (Fsp3) is 0.250. The van der Waals surface area contributed by atoms with E-state index in [9.17, 15) is 8.42 Å². The summed E-state index contributed by atoms with van der Waals surface area (Å²) < 4.78 is 23.7. The zero-order chi connectivity index (χ0) is 14.0. The number of aryl methyl sites for hydroxylation is 1. The molecule has 19 heavy (non-hydrogen) atoms. The predicted octanol–water partition coefficient (Wildman–Crippen LogP) is 3.23. The van der Waals surface area contributed by atoms with Gasteiger partial charge >= 0.3 is 0 Å². The first-order valence-corrected chi connectivity index (χ1v) is 9.01. The summed E-state index contributed by atoms with van der Waals surface area (Å²) in [5.74, 6) is 0. The van der Waals surface area contributed by atoms with Crippen molar-refractivity contribution in [2.75, 3.05) is 11.6 Å². The quantitative estimate of drug-likeness (QED) is 0.908. The Morgan fingerprint density at radius 3 is 2.63 bits per heavy atom. The van der Waals surface area contributed by atoms with Gasteiger partial charge < -0.3 is 5.32 Å². The molecule has 0 unspecified atom stereocenters. The first kappa shape index (κ1) is 14.5. The second-order valence-electron chi connectivity index (χ2n) is 4.13. The van der Waals surface area contributed by atoms with Crippen LogP contribution in [0.5, 0.6) is 0 Å². The summed E-state index contributed by atoms with van der Waals surface area (Å²) in [5.41, 5.74) is 0.801. The van der Waals surface area contributed by atoms with Gasteiger partial charge in [-0.25, -0.2) is 13.4 Å². The SMILES string of the molecule is Cc1sc(CNc2ccc(S(C)(=O)=O)nc2)cc1Br. The molecule has 1 N–H and O–H groups in total. The summed E-state index contributed by atoms with van der Waals surface area (Å²) in [4.78, 5) is 6.37. The Bertz CT molecular complexity index is 659. The molecular formula is C12H13BrN2O2S2. The summed E-state index contributed by atoms with van der Waals surface area (Å²) >= 11 is 5.19. The minimum absolute atomic E-state index is 0.0905. The van der Waals surface area contributed by atoms with Gasteiger partial charge in [-0.05, 0) is 41.1 Å². The average molecular weight is 361 g/mol. The fourth-order valence-electron chi connectivity index (χ4n) is 1.50. The van der Waals surface area contributed by atoms with Crippen LogP contribution in [0.15, 0.2) is 33.9 Å². The van der Waals surface area contributed by atoms with E-state index in [-0.39, 0.29) is 5.03 Å². The third kappa shape index (κ3) is 3.77. The van der Waals surface area contributed by atoms with Gasteiger partial charge in [-0.1, -0.05) is 0 Å². The Hall–Kier alpha value is -0.920. The predicted molar refractivity (Wildman–Crippen MR) is 81.4 cm³/mol. The molecule has 0 fully saturated rings. The van der Waals surface area contributed by atoms with Gasteiger partial charge in [0.15, 0.2) is 14.9 Å². The summed E-state index contributed by atoms with van der Waals surface area (Å²) in [6.07, 6.45) is 2.68. The van der Waals surface area contributed by atoms with Crippen molar-refractivity contribution in [3.05, 3.63) is 38.6 Å². The van der Waals surface area contributed by atoms with Gasteiger partial charge in [-0.3, -0.25) is 0 Å². The molecule has 0 aliphatic heterocycles. The van der Waals surface area contributed by atoms with Gasteiger partial charge in [0.05, 0.1) is 11.9 Å². The first-order chi connectivity index (χ1) is 8.86.